The molecule has 0 spiro atoms. The smallest absolute Gasteiger partial charge is 0.240 e. The minimum Gasteiger partial charge on any atom is -0.355 e. The van der Waals surface area contributed by atoms with Crippen LogP contribution in [0.2, 0.25) is 5.02 Å². The summed E-state index contributed by atoms with van der Waals surface area (Å²) in [5, 5.41) is 6.92. The molecule has 1 aromatic rings. The van der Waals surface area contributed by atoms with Gasteiger partial charge in [-0.25, -0.2) is 13.1 Å². The van der Waals surface area contributed by atoms with E-state index in [0.717, 1.165) is 12.8 Å². The van der Waals surface area contributed by atoms with Gasteiger partial charge in [0, 0.05) is 31.2 Å². The van der Waals surface area contributed by atoms with Crippen LogP contribution in [0, 0.1) is 0 Å². The molecule has 134 valence electrons. The number of nitrogens with one attached hydrogen (secondary N) is 3. The molecule has 1 fully saturated rings. The molecule has 8 heteroatoms. The highest BCUT2D eigenvalue weighted by atomic mass is 35.5. The zero-order valence-corrected chi connectivity index (χ0v) is 15.5. The molecule has 0 radical (unpaired) electrons. The Morgan fingerprint density at radius 3 is 2.67 bits per heavy atom. The molecule has 3 N–H and O–H groups in total. The maximum Gasteiger partial charge on any atom is 0.240 e. The predicted molar refractivity (Wildman–Crippen MR) is 98.0 cm³/mol. The first kappa shape index (κ1) is 19.0. The number of hydrogen-bond acceptors (Lipinski definition) is 3. The molecular weight excluding hydrogens is 348 g/mol. The molecular formula is C16H25ClN4O2S. The van der Waals surface area contributed by atoms with Gasteiger partial charge in [-0.15, -0.1) is 0 Å². The summed E-state index contributed by atoms with van der Waals surface area (Å²) >= 11 is 5.84. The van der Waals surface area contributed by atoms with Gasteiger partial charge in [-0.3, -0.25) is 4.99 Å². The summed E-state index contributed by atoms with van der Waals surface area (Å²) in [4.78, 5) is 4.35. The normalized spacial score (nSPS) is 16.8. The van der Waals surface area contributed by atoms with E-state index in [4.69, 9.17) is 11.6 Å². The third kappa shape index (κ3) is 5.96. The molecule has 0 bridgehead atoms. The molecule has 0 saturated heterocycles. The Morgan fingerprint density at radius 1 is 1.25 bits per heavy atom. The standard InChI is InChI=1S/C16H25ClN4O2S/c1-18-16(21-14-7-3-2-4-8-14)19-10-11-20-24(22,23)15-9-5-6-13(17)12-15/h5-6,9,12,14,20H,2-4,7-8,10-11H2,1H3,(H2,18,19,21). The Balaban J connectivity index is 1.76. The molecule has 2 rings (SSSR count). The third-order valence-corrected chi connectivity index (χ3v) is 5.68. The number of sulfonamides is 1. The first-order chi connectivity index (χ1) is 11.5. The molecule has 1 aliphatic rings. The van der Waals surface area contributed by atoms with Crippen LogP contribution in [0.5, 0.6) is 0 Å². The van der Waals surface area contributed by atoms with Crippen molar-refractivity contribution >= 4 is 27.6 Å². The van der Waals surface area contributed by atoms with Crippen LogP contribution >= 0.6 is 11.6 Å². The fourth-order valence-electron chi connectivity index (χ4n) is 2.72. The molecule has 0 unspecified atom stereocenters. The van der Waals surface area contributed by atoms with Crippen LogP contribution in [0.15, 0.2) is 34.2 Å². The zero-order chi connectivity index (χ0) is 17.4. The van der Waals surface area contributed by atoms with E-state index in [-0.39, 0.29) is 11.4 Å². The number of halogens is 1. The van der Waals surface area contributed by atoms with E-state index in [1.807, 2.05) is 0 Å². The average molecular weight is 373 g/mol. The summed E-state index contributed by atoms with van der Waals surface area (Å²) in [6.45, 7) is 0.715. The summed E-state index contributed by atoms with van der Waals surface area (Å²) in [6, 6.07) is 6.66. The molecule has 0 atom stereocenters. The number of hydrogen-bond donors (Lipinski definition) is 3. The van der Waals surface area contributed by atoms with E-state index >= 15 is 0 Å². The first-order valence-corrected chi connectivity index (χ1v) is 10.1. The Kier molecular flexibility index (Phi) is 7.33. The maximum atomic E-state index is 12.2. The molecule has 0 aliphatic heterocycles. The van der Waals surface area contributed by atoms with E-state index in [9.17, 15) is 8.42 Å². The SMILES string of the molecule is CN=C(NCCNS(=O)(=O)c1cccc(Cl)c1)NC1CCCCC1. The molecule has 1 saturated carbocycles. The van der Waals surface area contributed by atoms with E-state index in [2.05, 4.69) is 20.3 Å². The summed E-state index contributed by atoms with van der Waals surface area (Å²) < 4.78 is 26.9. The van der Waals surface area contributed by atoms with Crippen LogP contribution in [-0.2, 0) is 10.0 Å². The van der Waals surface area contributed by atoms with Crippen LogP contribution in [0.25, 0.3) is 0 Å². The zero-order valence-electron chi connectivity index (χ0n) is 13.9. The highest BCUT2D eigenvalue weighted by molar-refractivity contribution is 7.89. The van der Waals surface area contributed by atoms with Crippen LogP contribution in [0.1, 0.15) is 32.1 Å². The fourth-order valence-corrected chi connectivity index (χ4v) is 4.05. The summed E-state index contributed by atoms with van der Waals surface area (Å²) in [5.74, 6) is 0.712. The van der Waals surface area contributed by atoms with E-state index in [0.29, 0.717) is 23.6 Å². The molecule has 24 heavy (non-hydrogen) atoms. The second kappa shape index (κ2) is 9.25. The van der Waals surface area contributed by atoms with Gasteiger partial charge in [0.15, 0.2) is 5.96 Å². The minimum atomic E-state index is -3.55. The molecule has 1 aromatic carbocycles. The molecule has 6 nitrogen and oxygen atoms in total. The van der Waals surface area contributed by atoms with Crippen LogP contribution in [0.4, 0.5) is 0 Å². The van der Waals surface area contributed by atoms with Crippen molar-refractivity contribution in [2.45, 2.75) is 43.0 Å². The number of nitrogens with zero attached hydrogens (tertiary/aromatic N) is 1. The molecule has 0 amide bonds. The van der Waals surface area contributed by atoms with Gasteiger partial charge in [0.1, 0.15) is 0 Å². The van der Waals surface area contributed by atoms with Gasteiger partial charge in [-0.2, -0.15) is 0 Å². The fraction of sp³-hybridized carbons (Fsp3) is 0.562. The van der Waals surface area contributed by atoms with Crippen molar-refractivity contribution < 1.29 is 8.42 Å². The number of guanidine groups is 1. The van der Waals surface area contributed by atoms with Crippen molar-refractivity contribution in [1.29, 1.82) is 0 Å². The lowest BCUT2D eigenvalue weighted by Gasteiger charge is -2.24. The van der Waals surface area contributed by atoms with Crippen LogP contribution in [0.3, 0.4) is 0 Å². The lowest BCUT2D eigenvalue weighted by atomic mass is 9.96. The number of benzene rings is 1. The van der Waals surface area contributed by atoms with Gasteiger partial charge >= 0.3 is 0 Å². The highest BCUT2D eigenvalue weighted by Gasteiger charge is 2.15. The Bertz CT molecular complexity index is 658. The van der Waals surface area contributed by atoms with Gasteiger partial charge < -0.3 is 10.6 Å². The highest BCUT2D eigenvalue weighted by Crippen LogP contribution is 2.17. The third-order valence-electron chi connectivity index (χ3n) is 3.99. The van der Waals surface area contributed by atoms with Gasteiger partial charge in [-0.05, 0) is 31.0 Å². The van der Waals surface area contributed by atoms with E-state index < -0.39 is 10.0 Å². The van der Waals surface area contributed by atoms with E-state index in [1.54, 1.807) is 19.2 Å². The van der Waals surface area contributed by atoms with Crippen molar-refractivity contribution in [3.63, 3.8) is 0 Å². The van der Waals surface area contributed by atoms with Crippen molar-refractivity contribution in [3.05, 3.63) is 29.3 Å². The lowest BCUT2D eigenvalue weighted by molar-refractivity contribution is 0.410. The second-order valence-electron chi connectivity index (χ2n) is 5.83. The monoisotopic (exact) mass is 372 g/mol. The Morgan fingerprint density at radius 2 is 2.00 bits per heavy atom. The lowest BCUT2D eigenvalue weighted by Crippen LogP contribution is -2.46. The average Bonchev–Trinajstić information content (AvgIpc) is 2.58. The van der Waals surface area contributed by atoms with Gasteiger partial charge in [0.2, 0.25) is 10.0 Å². The topological polar surface area (TPSA) is 82.6 Å². The second-order valence-corrected chi connectivity index (χ2v) is 8.04. The first-order valence-electron chi connectivity index (χ1n) is 8.24. The van der Waals surface area contributed by atoms with Crippen molar-refractivity contribution in [1.82, 2.24) is 15.4 Å². The van der Waals surface area contributed by atoms with Gasteiger partial charge in [0.25, 0.3) is 0 Å². The molecule has 0 aromatic heterocycles. The predicted octanol–water partition coefficient (Wildman–Crippen LogP) is 2.12. The molecule has 0 heterocycles. The molecule has 1 aliphatic carbocycles. The van der Waals surface area contributed by atoms with E-state index in [1.165, 1.54) is 31.4 Å². The van der Waals surface area contributed by atoms with Crippen LogP contribution < -0.4 is 15.4 Å². The largest absolute Gasteiger partial charge is 0.355 e. The Hall–Kier alpha value is -1.31. The number of aliphatic imine (C=N–C) groups is 1. The van der Waals surface area contributed by atoms with Crippen LogP contribution in [-0.4, -0.2) is 40.6 Å². The van der Waals surface area contributed by atoms with Gasteiger partial charge in [0.05, 0.1) is 4.90 Å². The minimum absolute atomic E-state index is 0.166. The van der Waals surface area contributed by atoms with Crippen molar-refractivity contribution in [2.24, 2.45) is 4.99 Å². The summed E-state index contributed by atoms with van der Waals surface area (Å²) in [6.07, 6.45) is 6.10. The van der Waals surface area contributed by atoms with Crippen molar-refractivity contribution in [2.75, 3.05) is 20.1 Å². The Labute approximate surface area is 149 Å². The van der Waals surface area contributed by atoms with Gasteiger partial charge in [-0.1, -0.05) is 36.9 Å². The quantitative estimate of drug-likeness (QED) is 0.406. The summed E-state index contributed by atoms with van der Waals surface area (Å²) in [5.41, 5.74) is 0. The summed E-state index contributed by atoms with van der Waals surface area (Å²) in [7, 11) is -1.83. The number of rotatable bonds is 6. The maximum absolute atomic E-state index is 12.2. The van der Waals surface area contributed by atoms with Crippen molar-refractivity contribution in [3.8, 4) is 0 Å².